The highest BCUT2D eigenvalue weighted by molar-refractivity contribution is 7.59. The summed E-state index contributed by atoms with van der Waals surface area (Å²) in [4.78, 5) is 113. The Balaban J connectivity index is 0.000000217. The molecular weight excluding hydrogens is 1840 g/mol. The fourth-order valence-corrected chi connectivity index (χ4v) is 15.3. The Morgan fingerprint density at radius 3 is 1.21 bits per heavy atom. The van der Waals surface area contributed by atoms with Gasteiger partial charge >= 0.3 is 34.4 Å². The van der Waals surface area contributed by atoms with Gasteiger partial charge in [-0.2, -0.15) is 54.0 Å². The van der Waals surface area contributed by atoms with Crippen LogP contribution in [-0.4, -0.2) is 139 Å². The SMILES string of the molecule is CCC(CC)n1c(=O)[nH]c2ncc(Cl)c(-c3ccc(F)cn3)c21.CC[C@@H](CO)n1c(=O)[nH]c2ncc(Cl)c(-c3ccc(OC)cc3)c21.CC[C@@H](COC(=O)[C@@H](N)C(C)C)n1c(=O)[nH]c2ncc(Cl)c(-c3ccc(F)c(F)c3)c21.C[C@@H](CCO)n1c(=O)[nH]c2ncc(Cl)c(-c3ccc(F)cc3)c21.O=c1[nH]c2ncc(Cl)c(-c3ccc(F)cc3)c2n1CCCO.S.S.S.S. The molecule has 0 radical (unpaired) electrons. The van der Waals surface area contributed by atoms with E-state index in [1.807, 2.05) is 58.9 Å². The second-order valence-corrected chi connectivity index (χ2v) is 30.6. The van der Waals surface area contributed by atoms with E-state index in [2.05, 4.69) is 54.8 Å². The third kappa shape index (κ3) is 22.9. The van der Waals surface area contributed by atoms with Crippen LogP contribution >= 0.6 is 112 Å². The van der Waals surface area contributed by atoms with Crippen LogP contribution in [-0.2, 0) is 16.1 Å². The van der Waals surface area contributed by atoms with Gasteiger partial charge in [-0.05, 0) is 134 Å². The maximum Gasteiger partial charge on any atom is 0.328 e. The predicted octanol–water partition coefficient (Wildman–Crippen LogP) is 16.9. The third-order valence-electron chi connectivity index (χ3n) is 20.5. The Labute approximate surface area is 774 Å². The van der Waals surface area contributed by atoms with Crippen molar-refractivity contribution in [1.29, 1.82) is 0 Å². The smallest absolute Gasteiger partial charge is 0.328 e. The molecule has 678 valence electrons. The summed E-state index contributed by atoms with van der Waals surface area (Å²) in [5.74, 6) is -3.13. The molecule has 28 nitrogen and oxygen atoms in total. The number of pyridine rings is 6. The van der Waals surface area contributed by atoms with Crippen molar-refractivity contribution in [3.8, 4) is 61.5 Å². The van der Waals surface area contributed by atoms with E-state index in [0.29, 0.717) is 147 Å². The van der Waals surface area contributed by atoms with Crippen LogP contribution in [0.2, 0.25) is 25.1 Å². The lowest BCUT2D eigenvalue weighted by Gasteiger charge is -2.21. The number of nitrogens with two attached hydrogens (primary N) is 1. The zero-order chi connectivity index (χ0) is 88.9. The maximum absolute atomic E-state index is 13.9. The number of fused-ring (bicyclic) bond motifs is 5. The number of hydrogen-bond donors (Lipinski definition) is 9. The van der Waals surface area contributed by atoms with Gasteiger partial charge in [0.05, 0.1) is 90.4 Å². The van der Waals surface area contributed by atoms with Gasteiger partial charge in [-0.1, -0.05) is 142 Å². The number of aliphatic hydroxyl groups excluding tert-OH is 3. The molecule has 15 aromatic rings. The molecule has 0 unspecified atom stereocenters. The number of esters is 1. The summed E-state index contributed by atoms with van der Waals surface area (Å²) in [5.41, 5.74) is 14.5. The summed E-state index contributed by atoms with van der Waals surface area (Å²) in [6, 6.07) is 23.5. The van der Waals surface area contributed by atoms with Gasteiger partial charge in [0, 0.05) is 90.6 Å². The molecule has 0 aliphatic heterocycles. The van der Waals surface area contributed by atoms with E-state index < -0.39 is 41.2 Å². The van der Waals surface area contributed by atoms with E-state index in [9.17, 15) is 55.8 Å². The van der Waals surface area contributed by atoms with E-state index in [0.717, 1.165) is 42.5 Å². The number of carbonyl (C=O) groups excluding carboxylic acids is 1. The first-order valence-corrected chi connectivity index (χ1v) is 40.8. The quantitative estimate of drug-likeness (QED) is 0.0200. The average molecular weight is 1930 g/mol. The van der Waals surface area contributed by atoms with Gasteiger partial charge in [0.25, 0.3) is 0 Å². The number of aromatic nitrogens is 16. The van der Waals surface area contributed by atoms with Gasteiger partial charge in [-0.15, -0.1) is 0 Å². The van der Waals surface area contributed by atoms with Crippen molar-refractivity contribution < 1.29 is 51.5 Å². The number of carbonyl (C=O) groups is 1. The molecule has 42 heteroatoms. The monoisotopic (exact) mass is 1930 g/mol. The first-order valence-electron chi connectivity index (χ1n) is 38.9. The summed E-state index contributed by atoms with van der Waals surface area (Å²) in [5, 5.41) is 29.5. The fourth-order valence-electron chi connectivity index (χ4n) is 14.1. The lowest BCUT2D eigenvalue weighted by molar-refractivity contribution is -0.147. The number of benzene rings is 4. The number of aromatic amines is 5. The molecular formula is C85H93Cl5F5N17O11S4. The molecule has 15 rings (SSSR count). The van der Waals surface area contributed by atoms with E-state index in [1.165, 1.54) is 85.7 Å². The Morgan fingerprint density at radius 1 is 0.441 bits per heavy atom. The zero-order valence-corrected chi connectivity index (χ0v) is 77.2. The predicted molar refractivity (Wildman–Crippen MR) is 507 cm³/mol. The molecule has 0 saturated heterocycles. The van der Waals surface area contributed by atoms with Crippen LogP contribution in [0.15, 0.2) is 164 Å². The van der Waals surface area contributed by atoms with Gasteiger partial charge < -0.3 is 30.5 Å². The first kappa shape index (κ1) is 104. The summed E-state index contributed by atoms with van der Waals surface area (Å²) in [6.07, 6.45) is 11.8. The number of hydrogen-bond acceptors (Lipinski definition) is 18. The first-order chi connectivity index (χ1) is 58.9. The topological polar surface area (TPSA) is 389 Å². The summed E-state index contributed by atoms with van der Waals surface area (Å²) < 4.78 is 85.0. The third-order valence-corrected chi connectivity index (χ3v) is 21.9. The lowest BCUT2D eigenvalue weighted by Crippen LogP contribution is -2.38. The normalized spacial score (nSPS) is 12.0. The molecule has 11 aromatic heterocycles. The van der Waals surface area contributed by atoms with Crippen molar-refractivity contribution in [2.45, 2.75) is 124 Å². The van der Waals surface area contributed by atoms with Crippen molar-refractivity contribution in [3.63, 3.8) is 0 Å². The zero-order valence-electron chi connectivity index (χ0n) is 69.4. The van der Waals surface area contributed by atoms with Crippen LogP contribution in [0.5, 0.6) is 5.75 Å². The maximum atomic E-state index is 13.9. The summed E-state index contributed by atoms with van der Waals surface area (Å²) >= 11 is 31.6. The minimum absolute atomic E-state index is 0. The Kier molecular flexibility index (Phi) is 38.1. The number of methoxy groups -OCH3 is 1. The second kappa shape index (κ2) is 46.6. The van der Waals surface area contributed by atoms with E-state index >= 15 is 0 Å². The molecule has 11 heterocycles. The molecule has 10 N–H and O–H groups in total. The number of aliphatic hydroxyl groups is 3. The minimum atomic E-state index is -1.05. The highest BCUT2D eigenvalue weighted by Gasteiger charge is 2.29. The largest absolute Gasteiger partial charge is 0.497 e. The second-order valence-electron chi connectivity index (χ2n) is 28.5. The van der Waals surface area contributed by atoms with Crippen LogP contribution in [0.4, 0.5) is 22.0 Å². The van der Waals surface area contributed by atoms with Crippen molar-refractivity contribution in [1.82, 2.24) is 77.7 Å². The molecule has 0 bridgehead atoms. The number of nitrogens with one attached hydrogen (secondary N) is 5. The molecule has 0 spiro atoms. The van der Waals surface area contributed by atoms with Gasteiger partial charge in [0.15, 0.2) is 39.9 Å². The van der Waals surface area contributed by atoms with E-state index in [-0.39, 0.29) is 155 Å². The Morgan fingerprint density at radius 2 is 0.811 bits per heavy atom. The highest BCUT2D eigenvalue weighted by Crippen LogP contribution is 2.41. The number of H-pyrrole nitrogens is 5. The average Bonchev–Trinajstić information content (AvgIpc) is 1.66. The van der Waals surface area contributed by atoms with Crippen LogP contribution in [0.3, 0.4) is 0 Å². The van der Waals surface area contributed by atoms with Crippen molar-refractivity contribution in [3.05, 3.63) is 247 Å². The lowest BCUT2D eigenvalue weighted by atomic mass is 10.0. The van der Waals surface area contributed by atoms with Gasteiger partial charge in [0.1, 0.15) is 35.8 Å². The van der Waals surface area contributed by atoms with Crippen LogP contribution in [0.1, 0.15) is 111 Å². The van der Waals surface area contributed by atoms with Crippen LogP contribution < -0.4 is 38.9 Å². The number of ether oxygens (including phenoxy) is 2. The molecule has 0 aliphatic carbocycles. The van der Waals surface area contributed by atoms with Crippen LogP contribution in [0.25, 0.3) is 112 Å². The molecule has 4 aromatic carbocycles. The molecule has 127 heavy (non-hydrogen) atoms. The molecule has 0 amide bonds. The van der Waals surface area contributed by atoms with Crippen LogP contribution in [0, 0.1) is 35.0 Å². The number of rotatable bonds is 24. The Bertz CT molecular complexity index is 6610. The molecule has 0 saturated carbocycles. The number of halogens is 10. The number of nitrogens with zero attached hydrogens (tertiary/aromatic N) is 11. The van der Waals surface area contributed by atoms with E-state index in [4.69, 9.17) is 83.4 Å². The highest BCUT2D eigenvalue weighted by atomic mass is 35.5. The summed E-state index contributed by atoms with van der Waals surface area (Å²) in [6.45, 7) is 13.2. The number of imidazole rings is 5. The molecule has 0 fully saturated rings. The van der Waals surface area contributed by atoms with Gasteiger partial charge in [-0.3, -0.25) is 57.5 Å². The fraction of sp³-hybridized carbons (Fsp3) is 0.294. The Hall–Kier alpha value is -10.3. The van der Waals surface area contributed by atoms with Crippen molar-refractivity contribution >= 4 is 174 Å². The molecule has 0 aliphatic rings. The minimum Gasteiger partial charge on any atom is -0.497 e. The van der Waals surface area contributed by atoms with Crippen molar-refractivity contribution in [2.24, 2.45) is 11.7 Å². The van der Waals surface area contributed by atoms with Gasteiger partial charge in [-0.25, -0.2) is 70.8 Å². The van der Waals surface area contributed by atoms with Gasteiger partial charge in [0.2, 0.25) is 0 Å². The van der Waals surface area contributed by atoms with E-state index in [1.54, 1.807) is 55.9 Å². The standard InChI is InChI=1S/C21H23ClF2N4O3.C17H18ClN3O3.C16H16ClFN4O.C16H15ClFN3O2.C15H13ClFN3O2.4H2S/c1-4-12(9-31-20(29)17(25)10(2)3)28-18-16(11-5-6-14(23)15(24)7-11)13(22)8-26-19(18)27-21(28)30;1-3-11(9-22)21-15-14(10-4-6-12(24-2)7-5-10)13(18)8-19-16(15)20-17(21)23;1-3-10(4-2)22-14-13(12-6-5-9(18)7-19-12)11(17)8-20-15(14)21-16(22)23;1-9(6-7-22)21-14-13(10-2-4-11(18)5-3-10)12(17)8-19-15(14)20-16(21)23;16-11-8-18-14-13(20(6-1-7-21)15(22)19-14)12(11)9-2-4-10(17)5-3-9;;;;/h5-8,10,12,17H,4,9,25H2,1-3H3,(H,26,27,30);4-8,11,22H,3,9H2,1-2H3,(H,19,20,23);5-8,10H,3-4H2,1-2H3,(H,20,21,23);2-5,8-9,22H,6-7H2,1H3,(H,19,20,23);2-5,8,21H,1,6-7H2,(H,18,19,22);4*1H2/t12-,17-;11-;;9-;;;;;/m00.0...../s1. The number of aryl methyl sites for hydroxylation is 1. The van der Waals surface area contributed by atoms with Crippen molar-refractivity contribution in [2.75, 3.05) is 33.5 Å². The summed E-state index contributed by atoms with van der Waals surface area (Å²) in [7, 11) is 1.60. The molecule has 4 atom stereocenters.